The first kappa shape index (κ1) is 15.4. The fourth-order valence-electron chi connectivity index (χ4n) is 2.47. The lowest BCUT2D eigenvalue weighted by molar-refractivity contribution is 0.000578. The fraction of sp³-hybridized carbons (Fsp3) is 0.533. The summed E-state index contributed by atoms with van der Waals surface area (Å²) in [6, 6.07) is 2.94. The van der Waals surface area contributed by atoms with E-state index in [0.29, 0.717) is 12.3 Å². The maximum atomic E-state index is 12.2. The molecule has 114 valence electrons. The van der Waals surface area contributed by atoms with E-state index in [-0.39, 0.29) is 29.3 Å². The second-order valence-corrected chi connectivity index (χ2v) is 5.23. The number of carbonyl (C=O) groups excluding carboxylic acids is 1. The summed E-state index contributed by atoms with van der Waals surface area (Å²) in [5, 5.41) is 11.9. The molecule has 1 fully saturated rings. The van der Waals surface area contributed by atoms with Gasteiger partial charge in [-0.25, -0.2) is 9.78 Å². The number of carbonyl (C=O) groups is 2. The first-order valence-corrected chi connectivity index (χ1v) is 7.14. The quantitative estimate of drug-likeness (QED) is 0.883. The van der Waals surface area contributed by atoms with Crippen molar-refractivity contribution in [1.29, 1.82) is 0 Å². The molecule has 1 aliphatic heterocycles. The number of nitrogens with one attached hydrogen (secondary N) is 1. The molecule has 2 rings (SSSR count). The van der Waals surface area contributed by atoms with Gasteiger partial charge in [0.2, 0.25) is 0 Å². The molecule has 0 aliphatic carbocycles. The summed E-state index contributed by atoms with van der Waals surface area (Å²) in [6.45, 7) is 4.29. The molecule has 2 N–H and O–H groups in total. The van der Waals surface area contributed by atoms with Gasteiger partial charge in [-0.3, -0.25) is 4.79 Å². The van der Waals surface area contributed by atoms with Crippen molar-refractivity contribution in [2.45, 2.75) is 45.3 Å². The summed E-state index contributed by atoms with van der Waals surface area (Å²) in [7, 11) is 0. The van der Waals surface area contributed by atoms with E-state index in [4.69, 9.17) is 9.84 Å². The van der Waals surface area contributed by atoms with Crippen LogP contribution in [-0.4, -0.2) is 40.7 Å². The van der Waals surface area contributed by atoms with E-state index in [9.17, 15) is 9.59 Å². The van der Waals surface area contributed by atoms with Crippen molar-refractivity contribution >= 4 is 11.9 Å². The highest BCUT2D eigenvalue weighted by Gasteiger charge is 2.23. The number of hydrogen-bond acceptors (Lipinski definition) is 4. The van der Waals surface area contributed by atoms with Gasteiger partial charge in [0.15, 0.2) is 0 Å². The smallest absolute Gasteiger partial charge is 0.337 e. The predicted molar refractivity (Wildman–Crippen MR) is 76.5 cm³/mol. The van der Waals surface area contributed by atoms with Crippen LogP contribution in [0.15, 0.2) is 12.1 Å². The number of hydrogen-bond donors (Lipinski definition) is 2. The van der Waals surface area contributed by atoms with E-state index in [2.05, 4.69) is 17.2 Å². The topological polar surface area (TPSA) is 88.5 Å². The van der Waals surface area contributed by atoms with Gasteiger partial charge in [-0.05, 0) is 38.3 Å². The third kappa shape index (κ3) is 3.78. The second-order valence-electron chi connectivity index (χ2n) is 5.23. The monoisotopic (exact) mass is 292 g/mol. The van der Waals surface area contributed by atoms with E-state index in [0.717, 1.165) is 19.3 Å². The molecule has 2 atom stereocenters. The number of carboxylic acid groups (broad SMARTS) is 1. The molecule has 1 aromatic heterocycles. The highest BCUT2D eigenvalue weighted by molar-refractivity contribution is 5.94. The van der Waals surface area contributed by atoms with Crippen LogP contribution >= 0.6 is 0 Å². The van der Waals surface area contributed by atoms with Crippen LogP contribution in [0.1, 0.15) is 52.7 Å². The second kappa shape index (κ2) is 6.67. The van der Waals surface area contributed by atoms with Crippen molar-refractivity contribution in [1.82, 2.24) is 10.3 Å². The Bertz CT molecular complexity index is 544. The zero-order valence-electron chi connectivity index (χ0n) is 12.3. The van der Waals surface area contributed by atoms with Crippen LogP contribution in [-0.2, 0) is 4.74 Å². The molecule has 0 bridgehead atoms. The van der Waals surface area contributed by atoms with Crippen LogP contribution in [0, 0.1) is 6.92 Å². The normalized spacial score (nSPS) is 21.8. The SMILES string of the molecule is CCC1CC(NC(=O)c2ccc(C(=O)O)c(C)n2)CCO1. The molecule has 2 heterocycles. The van der Waals surface area contributed by atoms with Crippen molar-refractivity contribution in [2.75, 3.05) is 6.61 Å². The van der Waals surface area contributed by atoms with Gasteiger partial charge in [-0.15, -0.1) is 0 Å². The van der Waals surface area contributed by atoms with Gasteiger partial charge in [0.25, 0.3) is 5.91 Å². The fourth-order valence-corrected chi connectivity index (χ4v) is 2.47. The van der Waals surface area contributed by atoms with Crippen molar-refractivity contribution in [3.63, 3.8) is 0 Å². The molecule has 0 saturated carbocycles. The van der Waals surface area contributed by atoms with Crippen LogP contribution in [0.3, 0.4) is 0 Å². The molecule has 1 aromatic rings. The molecule has 0 spiro atoms. The van der Waals surface area contributed by atoms with E-state index in [1.54, 1.807) is 6.92 Å². The lowest BCUT2D eigenvalue weighted by Crippen LogP contribution is -2.42. The third-order valence-electron chi connectivity index (χ3n) is 3.71. The largest absolute Gasteiger partial charge is 0.478 e. The molecule has 1 aliphatic rings. The molecule has 2 unspecified atom stereocenters. The van der Waals surface area contributed by atoms with Gasteiger partial charge < -0.3 is 15.2 Å². The third-order valence-corrected chi connectivity index (χ3v) is 3.71. The van der Waals surface area contributed by atoms with Gasteiger partial charge in [0.05, 0.1) is 17.4 Å². The number of amides is 1. The molecule has 1 saturated heterocycles. The molecule has 6 nitrogen and oxygen atoms in total. The van der Waals surface area contributed by atoms with Gasteiger partial charge in [-0.2, -0.15) is 0 Å². The van der Waals surface area contributed by atoms with Crippen LogP contribution in [0.2, 0.25) is 0 Å². The highest BCUT2D eigenvalue weighted by atomic mass is 16.5. The minimum atomic E-state index is -1.04. The number of carboxylic acids is 1. The minimum Gasteiger partial charge on any atom is -0.478 e. The Morgan fingerprint density at radius 3 is 2.86 bits per heavy atom. The number of aromatic nitrogens is 1. The Morgan fingerprint density at radius 1 is 1.48 bits per heavy atom. The molecule has 6 heteroatoms. The number of rotatable bonds is 4. The number of aryl methyl sites for hydroxylation is 1. The van der Waals surface area contributed by atoms with E-state index in [1.165, 1.54) is 12.1 Å². The van der Waals surface area contributed by atoms with Crippen LogP contribution in [0.5, 0.6) is 0 Å². The maximum absolute atomic E-state index is 12.2. The van der Waals surface area contributed by atoms with Crippen LogP contribution < -0.4 is 5.32 Å². The number of nitrogens with zero attached hydrogens (tertiary/aromatic N) is 1. The van der Waals surface area contributed by atoms with Gasteiger partial charge >= 0.3 is 5.97 Å². The van der Waals surface area contributed by atoms with Gasteiger partial charge in [-0.1, -0.05) is 6.92 Å². The van der Waals surface area contributed by atoms with Gasteiger partial charge in [0, 0.05) is 12.6 Å². The lowest BCUT2D eigenvalue weighted by atomic mass is 10.0. The zero-order chi connectivity index (χ0) is 15.4. The Kier molecular flexibility index (Phi) is 4.90. The van der Waals surface area contributed by atoms with E-state index in [1.807, 2.05) is 0 Å². The molecular formula is C15H20N2O4. The molecule has 0 aromatic carbocycles. The minimum absolute atomic E-state index is 0.0810. The zero-order valence-corrected chi connectivity index (χ0v) is 12.3. The summed E-state index contributed by atoms with van der Waals surface area (Å²) < 4.78 is 5.57. The van der Waals surface area contributed by atoms with Gasteiger partial charge in [0.1, 0.15) is 5.69 Å². The van der Waals surface area contributed by atoms with Crippen molar-refractivity contribution in [2.24, 2.45) is 0 Å². The summed E-state index contributed by atoms with van der Waals surface area (Å²) in [5.74, 6) is -1.31. The van der Waals surface area contributed by atoms with Crippen molar-refractivity contribution in [3.05, 3.63) is 29.1 Å². The summed E-state index contributed by atoms with van der Waals surface area (Å²) in [6.07, 6.45) is 2.70. The average Bonchev–Trinajstić information content (AvgIpc) is 2.46. The van der Waals surface area contributed by atoms with Crippen LogP contribution in [0.4, 0.5) is 0 Å². The van der Waals surface area contributed by atoms with E-state index >= 15 is 0 Å². The summed E-state index contributed by atoms with van der Waals surface area (Å²) in [5.41, 5.74) is 0.703. The highest BCUT2D eigenvalue weighted by Crippen LogP contribution is 2.17. The Hall–Kier alpha value is -1.95. The van der Waals surface area contributed by atoms with Crippen molar-refractivity contribution in [3.8, 4) is 0 Å². The summed E-state index contributed by atoms with van der Waals surface area (Å²) in [4.78, 5) is 27.2. The Balaban J connectivity index is 2.03. The number of pyridine rings is 1. The van der Waals surface area contributed by atoms with Crippen molar-refractivity contribution < 1.29 is 19.4 Å². The predicted octanol–water partition coefficient (Wildman–Crippen LogP) is 1.78. The Labute approximate surface area is 123 Å². The number of aromatic carboxylic acids is 1. The number of ether oxygens (including phenoxy) is 1. The maximum Gasteiger partial charge on any atom is 0.337 e. The molecule has 21 heavy (non-hydrogen) atoms. The van der Waals surface area contributed by atoms with E-state index < -0.39 is 5.97 Å². The Morgan fingerprint density at radius 2 is 2.24 bits per heavy atom. The lowest BCUT2D eigenvalue weighted by Gasteiger charge is -2.29. The molecular weight excluding hydrogens is 272 g/mol. The molecule has 0 radical (unpaired) electrons. The summed E-state index contributed by atoms with van der Waals surface area (Å²) >= 11 is 0. The first-order valence-electron chi connectivity index (χ1n) is 7.14. The van der Waals surface area contributed by atoms with Crippen LogP contribution in [0.25, 0.3) is 0 Å². The molecule has 1 amide bonds. The average molecular weight is 292 g/mol. The standard InChI is InChI=1S/C15H20N2O4/c1-3-11-8-10(6-7-21-11)17-14(18)13-5-4-12(15(19)20)9(2)16-13/h4-5,10-11H,3,6-8H2,1-2H3,(H,17,18)(H,19,20). The first-order chi connectivity index (χ1) is 10.0.